The van der Waals surface area contributed by atoms with Crippen LogP contribution in [0.3, 0.4) is 0 Å². The number of pyridine rings is 1. The van der Waals surface area contributed by atoms with Crippen molar-refractivity contribution in [2.24, 2.45) is 0 Å². The fourth-order valence-corrected chi connectivity index (χ4v) is 4.50. The summed E-state index contributed by atoms with van der Waals surface area (Å²) >= 11 is 1.51. The fourth-order valence-electron chi connectivity index (χ4n) is 3.78. The third-order valence-corrected chi connectivity index (χ3v) is 6.36. The van der Waals surface area contributed by atoms with Gasteiger partial charge in [0.1, 0.15) is 23.8 Å². The highest BCUT2D eigenvalue weighted by Crippen LogP contribution is 2.45. The lowest BCUT2D eigenvalue weighted by atomic mass is 9.89. The second-order valence-electron chi connectivity index (χ2n) is 7.57. The first-order valence-corrected chi connectivity index (χ1v) is 10.8. The number of halogens is 2. The number of nitrogens with two attached hydrogens (primary N) is 1. The number of aryl methyl sites for hydroxylation is 2. The van der Waals surface area contributed by atoms with Crippen molar-refractivity contribution in [2.45, 2.75) is 13.8 Å². The van der Waals surface area contributed by atoms with Crippen LogP contribution in [0.15, 0.2) is 60.2 Å². The van der Waals surface area contributed by atoms with Gasteiger partial charge in [-0.15, -0.1) is 11.3 Å². The zero-order valence-electron chi connectivity index (χ0n) is 17.4. The number of fused-ring (bicyclic) bond motifs is 1. The van der Waals surface area contributed by atoms with E-state index in [1.165, 1.54) is 29.8 Å². The number of hydrogen-bond acceptors (Lipinski definition) is 5. The first-order chi connectivity index (χ1) is 15.4. The predicted octanol–water partition coefficient (Wildman–Crippen LogP) is 6.56. The van der Waals surface area contributed by atoms with Gasteiger partial charge in [-0.1, -0.05) is 30.3 Å². The normalized spacial score (nSPS) is 11.2. The molecule has 158 valence electrons. The van der Waals surface area contributed by atoms with Gasteiger partial charge in [0.25, 0.3) is 0 Å². The van der Waals surface area contributed by atoms with Gasteiger partial charge >= 0.3 is 0 Å². The van der Waals surface area contributed by atoms with Crippen LogP contribution in [0, 0.1) is 25.5 Å². The summed E-state index contributed by atoms with van der Waals surface area (Å²) in [5.41, 5.74) is 10.8. The summed E-state index contributed by atoms with van der Waals surface area (Å²) in [5.74, 6) is -0.454. The SMILES string of the molecule is Cc1ccc(-c2c(-c3cccs3)nc3ncnc(N)c3c2-c2ccc(C)c(F)c2)cc1F. The van der Waals surface area contributed by atoms with Crippen LogP contribution in [0.5, 0.6) is 0 Å². The monoisotopic (exact) mass is 444 g/mol. The molecule has 0 aliphatic rings. The van der Waals surface area contributed by atoms with Gasteiger partial charge in [0, 0.05) is 11.1 Å². The number of hydrogen-bond donors (Lipinski definition) is 1. The molecular formula is C25H18F2N4S. The quantitative estimate of drug-likeness (QED) is 0.342. The van der Waals surface area contributed by atoms with Gasteiger partial charge in [0.05, 0.1) is 16.0 Å². The molecule has 5 aromatic rings. The van der Waals surface area contributed by atoms with Crippen molar-refractivity contribution < 1.29 is 8.78 Å². The minimum atomic E-state index is -0.346. The molecule has 3 heterocycles. The summed E-state index contributed by atoms with van der Waals surface area (Å²) in [4.78, 5) is 14.2. The highest BCUT2D eigenvalue weighted by molar-refractivity contribution is 7.13. The largest absolute Gasteiger partial charge is 0.383 e. The second-order valence-corrected chi connectivity index (χ2v) is 8.52. The van der Waals surface area contributed by atoms with Crippen LogP contribution in [0.1, 0.15) is 11.1 Å². The highest BCUT2D eigenvalue weighted by Gasteiger charge is 2.23. The number of rotatable bonds is 3. The Morgan fingerprint density at radius 2 is 1.50 bits per heavy atom. The molecule has 0 aliphatic heterocycles. The topological polar surface area (TPSA) is 64.7 Å². The molecule has 32 heavy (non-hydrogen) atoms. The summed E-state index contributed by atoms with van der Waals surface area (Å²) in [6, 6.07) is 13.9. The number of nitrogen functional groups attached to an aromatic ring is 1. The Hall–Kier alpha value is -3.71. The van der Waals surface area contributed by atoms with Gasteiger partial charge in [-0.3, -0.25) is 0 Å². The number of benzene rings is 2. The van der Waals surface area contributed by atoms with Crippen LogP contribution in [0.25, 0.3) is 43.9 Å². The van der Waals surface area contributed by atoms with Gasteiger partial charge < -0.3 is 5.73 Å². The summed E-state index contributed by atoms with van der Waals surface area (Å²) in [6.45, 7) is 3.41. The molecule has 2 aromatic carbocycles. The van der Waals surface area contributed by atoms with Gasteiger partial charge in [-0.2, -0.15) is 0 Å². The Labute approximate surface area is 187 Å². The number of nitrogens with zero attached hydrogens (tertiary/aromatic N) is 3. The van der Waals surface area contributed by atoms with E-state index in [9.17, 15) is 8.78 Å². The van der Waals surface area contributed by atoms with Crippen LogP contribution in [0.2, 0.25) is 0 Å². The summed E-state index contributed by atoms with van der Waals surface area (Å²) in [5, 5.41) is 2.45. The predicted molar refractivity (Wildman–Crippen MR) is 125 cm³/mol. The van der Waals surface area contributed by atoms with Crippen LogP contribution in [0.4, 0.5) is 14.6 Å². The van der Waals surface area contributed by atoms with Gasteiger partial charge in [0.2, 0.25) is 0 Å². The average Bonchev–Trinajstić information content (AvgIpc) is 3.31. The minimum Gasteiger partial charge on any atom is -0.383 e. The Kier molecular flexibility index (Phi) is 4.90. The van der Waals surface area contributed by atoms with Crippen molar-refractivity contribution in [1.82, 2.24) is 15.0 Å². The third kappa shape index (κ3) is 3.31. The zero-order valence-corrected chi connectivity index (χ0v) is 18.2. The van der Waals surface area contributed by atoms with E-state index in [0.29, 0.717) is 50.1 Å². The highest BCUT2D eigenvalue weighted by atomic mass is 32.1. The Balaban J connectivity index is 2.00. The molecule has 2 N–H and O–H groups in total. The molecule has 4 nitrogen and oxygen atoms in total. The Morgan fingerprint density at radius 1 is 0.844 bits per heavy atom. The van der Waals surface area contributed by atoms with E-state index in [2.05, 4.69) is 9.97 Å². The lowest BCUT2D eigenvalue weighted by Gasteiger charge is -2.18. The van der Waals surface area contributed by atoms with Crippen molar-refractivity contribution in [2.75, 3.05) is 5.73 Å². The molecule has 0 spiro atoms. The van der Waals surface area contributed by atoms with Crippen LogP contribution < -0.4 is 5.73 Å². The van der Waals surface area contributed by atoms with E-state index in [-0.39, 0.29) is 17.5 Å². The van der Waals surface area contributed by atoms with Crippen molar-refractivity contribution in [3.63, 3.8) is 0 Å². The molecule has 0 saturated heterocycles. The summed E-state index contributed by atoms with van der Waals surface area (Å²) in [6.07, 6.45) is 1.35. The number of anilines is 1. The lowest BCUT2D eigenvalue weighted by Crippen LogP contribution is -2.02. The van der Waals surface area contributed by atoms with Gasteiger partial charge in [-0.05, 0) is 59.7 Å². The lowest BCUT2D eigenvalue weighted by molar-refractivity contribution is 0.618. The Morgan fingerprint density at radius 3 is 2.09 bits per heavy atom. The first kappa shape index (κ1) is 20.2. The fraction of sp³-hybridized carbons (Fsp3) is 0.0800. The molecule has 0 atom stereocenters. The van der Waals surface area contributed by atoms with Crippen LogP contribution >= 0.6 is 11.3 Å². The average molecular weight is 445 g/mol. The standard InChI is InChI=1S/C25H18F2N4S/c1-13-5-7-15(10-17(13)26)20-21(16-8-6-14(2)18(27)11-16)23(19-4-3-9-32-19)31-25-22(20)24(28)29-12-30-25/h3-12H,1-2H3,(H2,28,29,30,31). The summed E-state index contributed by atoms with van der Waals surface area (Å²) < 4.78 is 29.3. The third-order valence-electron chi connectivity index (χ3n) is 5.49. The number of thiophene rings is 1. The maximum absolute atomic E-state index is 14.7. The maximum Gasteiger partial charge on any atom is 0.165 e. The van der Waals surface area contributed by atoms with Crippen molar-refractivity contribution >= 4 is 28.2 Å². The molecule has 0 radical (unpaired) electrons. The minimum absolute atomic E-state index is 0.227. The maximum atomic E-state index is 14.7. The van der Waals surface area contributed by atoms with Crippen molar-refractivity contribution in [1.29, 1.82) is 0 Å². The van der Waals surface area contributed by atoms with Gasteiger partial charge in [-0.25, -0.2) is 23.7 Å². The second kappa shape index (κ2) is 7.76. The summed E-state index contributed by atoms with van der Waals surface area (Å²) in [7, 11) is 0. The smallest absolute Gasteiger partial charge is 0.165 e. The molecule has 0 unspecified atom stereocenters. The zero-order chi connectivity index (χ0) is 22.4. The Bertz CT molecular complexity index is 1480. The van der Waals surface area contributed by atoms with E-state index in [0.717, 1.165) is 4.88 Å². The van der Waals surface area contributed by atoms with Gasteiger partial charge in [0.15, 0.2) is 5.65 Å². The van der Waals surface area contributed by atoms with E-state index >= 15 is 0 Å². The van der Waals surface area contributed by atoms with E-state index in [4.69, 9.17) is 10.7 Å². The van der Waals surface area contributed by atoms with E-state index < -0.39 is 0 Å². The van der Waals surface area contributed by atoms with E-state index in [1.807, 2.05) is 29.6 Å². The number of aromatic nitrogens is 3. The van der Waals surface area contributed by atoms with Crippen molar-refractivity contribution in [3.05, 3.63) is 83.0 Å². The van der Waals surface area contributed by atoms with Crippen LogP contribution in [-0.2, 0) is 0 Å². The molecule has 0 aliphatic carbocycles. The molecule has 5 rings (SSSR count). The van der Waals surface area contributed by atoms with Crippen LogP contribution in [-0.4, -0.2) is 15.0 Å². The van der Waals surface area contributed by atoms with Crippen molar-refractivity contribution in [3.8, 4) is 32.8 Å². The molecular weight excluding hydrogens is 426 g/mol. The molecule has 0 bridgehead atoms. The molecule has 3 aromatic heterocycles. The molecule has 0 amide bonds. The van der Waals surface area contributed by atoms with E-state index in [1.54, 1.807) is 26.0 Å². The molecule has 0 saturated carbocycles. The molecule has 0 fully saturated rings. The molecule has 7 heteroatoms. The first-order valence-electron chi connectivity index (χ1n) is 9.95.